The molecule has 2 rings (SSSR count). The van der Waals surface area contributed by atoms with Gasteiger partial charge in [-0.2, -0.15) is 0 Å². The van der Waals surface area contributed by atoms with E-state index in [2.05, 4.69) is 10.6 Å². The lowest BCUT2D eigenvalue weighted by Gasteiger charge is -2.15. The van der Waals surface area contributed by atoms with Crippen LogP contribution in [0.5, 0.6) is 11.5 Å². The van der Waals surface area contributed by atoms with Crippen LogP contribution in [0, 0.1) is 0 Å². The van der Waals surface area contributed by atoms with Crippen molar-refractivity contribution in [1.29, 1.82) is 0 Å². The first-order chi connectivity index (χ1) is 12.1. The molecule has 1 heterocycles. The molecule has 138 valence electrons. The molecule has 0 unspecified atom stereocenters. The van der Waals surface area contributed by atoms with Crippen LogP contribution < -0.4 is 20.1 Å². The van der Waals surface area contributed by atoms with E-state index in [0.29, 0.717) is 44.0 Å². The summed E-state index contributed by atoms with van der Waals surface area (Å²) >= 11 is 0. The zero-order valence-electron chi connectivity index (χ0n) is 15.0. The van der Waals surface area contributed by atoms with Crippen molar-refractivity contribution in [2.75, 3.05) is 40.4 Å². The highest BCUT2D eigenvalue weighted by Crippen LogP contribution is 2.27. The Morgan fingerprint density at radius 2 is 1.92 bits per heavy atom. The van der Waals surface area contributed by atoms with E-state index < -0.39 is 0 Å². The van der Waals surface area contributed by atoms with E-state index in [0.717, 1.165) is 24.9 Å². The van der Waals surface area contributed by atoms with Gasteiger partial charge in [0.1, 0.15) is 0 Å². The summed E-state index contributed by atoms with van der Waals surface area (Å²) in [7, 11) is 3.20. The minimum absolute atomic E-state index is 0.187. The van der Waals surface area contributed by atoms with Crippen LogP contribution in [0.2, 0.25) is 0 Å². The van der Waals surface area contributed by atoms with Gasteiger partial charge in [-0.1, -0.05) is 6.07 Å². The number of rotatable bonds is 9. The van der Waals surface area contributed by atoms with Crippen LogP contribution in [-0.4, -0.2) is 57.2 Å². The van der Waals surface area contributed by atoms with E-state index in [4.69, 9.17) is 9.47 Å². The maximum Gasteiger partial charge on any atom is 0.314 e. The van der Waals surface area contributed by atoms with Crippen LogP contribution in [0.25, 0.3) is 0 Å². The van der Waals surface area contributed by atoms with Crippen molar-refractivity contribution < 1.29 is 19.1 Å². The highest BCUT2D eigenvalue weighted by atomic mass is 16.5. The second-order valence-corrected chi connectivity index (χ2v) is 5.96. The normalized spacial score (nSPS) is 13.7. The molecule has 7 heteroatoms. The van der Waals surface area contributed by atoms with Gasteiger partial charge < -0.3 is 25.0 Å². The number of urea groups is 1. The fourth-order valence-electron chi connectivity index (χ4n) is 2.83. The Hall–Kier alpha value is -2.44. The van der Waals surface area contributed by atoms with Gasteiger partial charge in [-0.15, -0.1) is 0 Å². The monoisotopic (exact) mass is 349 g/mol. The summed E-state index contributed by atoms with van der Waals surface area (Å²) in [6.45, 7) is 2.65. The molecule has 1 saturated heterocycles. The first kappa shape index (κ1) is 18.9. The third-order valence-corrected chi connectivity index (χ3v) is 4.21. The molecule has 0 saturated carbocycles. The molecule has 0 aromatic heterocycles. The maximum atomic E-state index is 11.8. The molecule has 25 heavy (non-hydrogen) atoms. The standard InChI is InChI=1S/C18H27N3O4/c1-24-15-7-6-14(13-16(15)25-2)8-10-20-18(23)19-9-4-12-21-11-3-5-17(21)22/h6-7,13H,3-5,8-12H2,1-2H3,(H2,19,20,23). The molecular formula is C18H27N3O4. The summed E-state index contributed by atoms with van der Waals surface area (Å²) in [5.74, 6) is 1.59. The van der Waals surface area contributed by atoms with E-state index in [1.165, 1.54) is 0 Å². The SMILES string of the molecule is COc1ccc(CCNC(=O)NCCCN2CCCC2=O)cc1OC. The van der Waals surface area contributed by atoms with Crippen LogP contribution in [0.15, 0.2) is 18.2 Å². The van der Waals surface area contributed by atoms with Crippen molar-refractivity contribution >= 4 is 11.9 Å². The molecule has 0 radical (unpaired) electrons. The van der Waals surface area contributed by atoms with E-state index in [1.807, 2.05) is 23.1 Å². The minimum atomic E-state index is -0.187. The summed E-state index contributed by atoms with van der Waals surface area (Å²) in [6, 6.07) is 5.53. The van der Waals surface area contributed by atoms with E-state index >= 15 is 0 Å². The molecule has 1 aromatic rings. The highest BCUT2D eigenvalue weighted by molar-refractivity contribution is 5.78. The van der Waals surface area contributed by atoms with Crippen molar-refractivity contribution in [1.82, 2.24) is 15.5 Å². The number of hydrogen-bond donors (Lipinski definition) is 2. The number of hydrogen-bond acceptors (Lipinski definition) is 4. The zero-order valence-corrected chi connectivity index (χ0v) is 15.0. The quantitative estimate of drug-likeness (QED) is 0.663. The van der Waals surface area contributed by atoms with Crippen molar-refractivity contribution in [2.24, 2.45) is 0 Å². The van der Waals surface area contributed by atoms with Gasteiger partial charge in [0.05, 0.1) is 14.2 Å². The van der Waals surface area contributed by atoms with Crippen LogP contribution >= 0.6 is 0 Å². The van der Waals surface area contributed by atoms with Gasteiger partial charge in [-0.05, 0) is 37.0 Å². The molecule has 0 aliphatic carbocycles. The molecule has 0 spiro atoms. The molecule has 1 aliphatic rings. The summed E-state index contributed by atoms with van der Waals surface area (Å²) in [6.07, 6.45) is 3.08. The number of carbonyl (C=O) groups is 2. The predicted octanol–water partition coefficient (Wildman–Crippen LogP) is 1.56. The van der Waals surface area contributed by atoms with E-state index in [1.54, 1.807) is 14.2 Å². The minimum Gasteiger partial charge on any atom is -0.493 e. The van der Waals surface area contributed by atoms with Crippen molar-refractivity contribution in [3.63, 3.8) is 0 Å². The summed E-state index contributed by atoms with van der Waals surface area (Å²) in [5, 5.41) is 5.65. The summed E-state index contributed by atoms with van der Waals surface area (Å²) in [4.78, 5) is 25.1. The molecule has 3 amide bonds. The highest BCUT2D eigenvalue weighted by Gasteiger charge is 2.18. The van der Waals surface area contributed by atoms with Gasteiger partial charge in [0.15, 0.2) is 11.5 Å². The van der Waals surface area contributed by atoms with Crippen LogP contribution in [0.1, 0.15) is 24.8 Å². The Balaban J connectivity index is 1.61. The average molecular weight is 349 g/mol. The third-order valence-electron chi connectivity index (χ3n) is 4.21. The number of amides is 3. The van der Waals surface area contributed by atoms with Crippen LogP contribution in [0.4, 0.5) is 4.79 Å². The fraction of sp³-hybridized carbons (Fsp3) is 0.556. The molecule has 1 fully saturated rings. The third kappa shape index (κ3) is 5.85. The zero-order chi connectivity index (χ0) is 18.1. The van der Waals surface area contributed by atoms with E-state index in [-0.39, 0.29) is 11.9 Å². The number of nitrogens with one attached hydrogen (secondary N) is 2. The molecule has 1 aromatic carbocycles. The first-order valence-corrected chi connectivity index (χ1v) is 8.64. The number of likely N-dealkylation sites (tertiary alicyclic amines) is 1. The molecule has 1 aliphatic heterocycles. The fourth-order valence-corrected chi connectivity index (χ4v) is 2.83. The topological polar surface area (TPSA) is 79.9 Å². The molecule has 7 nitrogen and oxygen atoms in total. The Kier molecular flexibility index (Phi) is 7.37. The molecular weight excluding hydrogens is 322 g/mol. The van der Waals surface area contributed by atoms with Crippen molar-refractivity contribution in [2.45, 2.75) is 25.7 Å². The van der Waals surface area contributed by atoms with Crippen molar-refractivity contribution in [3.8, 4) is 11.5 Å². The van der Waals surface area contributed by atoms with Gasteiger partial charge in [0.25, 0.3) is 0 Å². The Morgan fingerprint density at radius 3 is 2.60 bits per heavy atom. The maximum absolute atomic E-state index is 11.8. The number of ether oxygens (including phenoxy) is 2. The second-order valence-electron chi connectivity index (χ2n) is 5.96. The molecule has 2 N–H and O–H groups in total. The number of methoxy groups -OCH3 is 2. The first-order valence-electron chi connectivity index (χ1n) is 8.64. The lowest BCUT2D eigenvalue weighted by molar-refractivity contribution is -0.127. The van der Waals surface area contributed by atoms with Gasteiger partial charge in [0, 0.05) is 32.6 Å². The average Bonchev–Trinajstić information content (AvgIpc) is 3.03. The van der Waals surface area contributed by atoms with Gasteiger partial charge >= 0.3 is 6.03 Å². The lowest BCUT2D eigenvalue weighted by atomic mass is 10.1. The molecule has 0 bridgehead atoms. The predicted molar refractivity (Wildman–Crippen MR) is 95.1 cm³/mol. The smallest absolute Gasteiger partial charge is 0.314 e. The van der Waals surface area contributed by atoms with Crippen LogP contribution in [-0.2, 0) is 11.2 Å². The Bertz CT molecular complexity index is 592. The summed E-state index contributed by atoms with van der Waals surface area (Å²) in [5.41, 5.74) is 1.06. The molecule has 0 atom stereocenters. The van der Waals surface area contributed by atoms with Crippen LogP contribution in [0.3, 0.4) is 0 Å². The van der Waals surface area contributed by atoms with Gasteiger partial charge in [0.2, 0.25) is 5.91 Å². The largest absolute Gasteiger partial charge is 0.493 e. The van der Waals surface area contributed by atoms with E-state index in [9.17, 15) is 9.59 Å². The second kappa shape index (κ2) is 9.76. The van der Waals surface area contributed by atoms with Gasteiger partial charge in [-0.3, -0.25) is 4.79 Å². The Morgan fingerprint density at radius 1 is 1.16 bits per heavy atom. The van der Waals surface area contributed by atoms with Gasteiger partial charge in [-0.25, -0.2) is 4.79 Å². The number of benzene rings is 1. The summed E-state index contributed by atoms with van der Waals surface area (Å²) < 4.78 is 10.5. The number of nitrogens with zero attached hydrogens (tertiary/aromatic N) is 1. The lowest BCUT2D eigenvalue weighted by Crippen LogP contribution is -2.38. The Labute approximate surface area is 148 Å². The number of carbonyl (C=O) groups excluding carboxylic acids is 2. The van der Waals surface area contributed by atoms with Crippen molar-refractivity contribution in [3.05, 3.63) is 23.8 Å².